The van der Waals surface area contributed by atoms with E-state index >= 15 is 0 Å². The van der Waals surface area contributed by atoms with E-state index in [0.29, 0.717) is 15.1 Å². The van der Waals surface area contributed by atoms with Crippen molar-refractivity contribution in [2.45, 2.75) is 0 Å². The van der Waals surface area contributed by atoms with Crippen LogP contribution in [0.15, 0.2) is 21.7 Å². The average molecular weight is 309 g/mol. The second kappa shape index (κ2) is 5.29. The van der Waals surface area contributed by atoms with Crippen LogP contribution in [-0.4, -0.2) is 16.4 Å². The van der Waals surface area contributed by atoms with E-state index in [0.717, 1.165) is 0 Å². The molecule has 0 aromatic heterocycles. The summed E-state index contributed by atoms with van der Waals surface area (Å²) in [5.74, 6) is 0.0553. The van der Waals surface area contributed by atoms with Gasteiger partial charge in [0.25, 0.3) is 0 Å². The Kier molecular flexibility index (Phi) is 4.31. The summed E-state index contributed by atoms with van der Waals surface area (Å²) in [4.78, 5) is 0. The zero-order valence-electron chi connectivity index (χ0n) is 7.37. The fourth-order valence-electron chi connectivity index (χ4n) is 0.839. The molecule has 15 heavy (non-hydrogen) atoms. The number of aromatic hydroxyl groups is 1. The number of nitrogens with one attached hydrogen (secondary N) is 1. The number of hydrogen-bond acceptors (Lipinski definition) is 3. The molecule has 4 nitrogen and oxygen atoms in total. The number of halogens is 2. The van der Waals surface area contributed by atoms with Crippen molar-refractivity contribution in [3.63, 3.8) is 0 Å². The molecule has 0 saturated heterocycles. The minimum atomic E-state index is 0.0453. The number of hydrogen-bond donors (Lipinski definition) is 3. The van der Waals surface area contributed by atoms with E-state index in [1.807, 2.05) is 0 Å². The molecule has 0 aliphatic heterocycles. The molecule has 0 heterocycles. The van der Waals surface area contributed by atoms with E-state index in [1.165, 1.54) is 12.3 Å². The zero-order chi connectivity index (χ0) is 11.4. The van der Waals surface area contributed by atoms with Crippen LogP contribution in [0, 0.1) is 0 Å². The summed E-state index contributed by atoms with van der Waals surface area (Å²) in [5, 5.41) is 13.7. The van der Waals surface area contributed by atoms with Crippen LogP contribution in [0.2, 0.25) is 5.02 Å². The van der Waals surface area contributed by atoms with E-state index in [-0.39, 0.29) is 10.9 Å². The third-order valence-electron chi connectivity index (χ3n) is 1.48. The Bertz CT molecular complexity index is 425. The molecule has 0 aliphatic rings. The van der Waals surface area contributed by atoms with Gasteiger partial charge in [0.05, 0.1) is 16.8 Å². The van der Waals surface area contributed by atoms with Crippen LogP contribution in [-0.2, 0) is 0 Å². The summed E-state index contributed by atoms with van der Waals surface area (Å²) in [6.45, 7) is 0. The standard InChI is InChI=1S/C8H7BrClN3OS/c9-7-4(3-12-13-8(11)15)6(14)2-1-5(7)10/h1-3,14H,(H3,11,13,15). The Hall–Kier alpha value is -0.850. The maximum Gasteiger partial charge on any atom is 0.184 e. The Morgan fingerprint density at radius 3 is 2.93 bits per heavy atom. The van der Waals surface area contributed by atoms with Gasteiger partial charge in [0.1, 0.15) is 5.75 Å². The SMILES string of the molecule is NC(=S)NN=Cc1c(O)ccc(Cl)c1Br. The second-order valence-electron chi connectivity index (χ2n) is 2.53. The molecule has 1 aromatic rings. The second-order valence-corrected chi connectivity index (χ2v) is 4.17. The molecule has 4 N–H and O–H groups in total. The van der Waals surface area contributed by atoms with Crippen LogP contribution in [0.25, 0.3) is 0 Å². The van der Waals surface area contributed by atoms with Crippen LogP contribution in [0.3, 0.4) is 0 Å². The van der Waals surface area contributed by atoms with Crippen LogP contribution in [0.4, 0.5) is 0 Å². The summed E-state index contributed by atoms with van der Waals surface area (Å²) < 4.78 is 0.553. The smallest absolute Gasteiger partial charge is 0.184 e. The van der Waals surface area contributed by atoms with Gasteiger partial charge in [-0.3, -0.25) is 5.43 Å². The van der Waals surface area contributed by atoms with E-state index in [1.54, 1.807) is 6.07 Å². The van der Waals surface area contributed by atoms with Gasteiger partial charge in [-0.1, -0.05) is 11.6 Å². The maximum absolute atomic E-state index is 9.51. The quantitative estimate of drug-likeness (QED) is 0.444. The first-order chi connectivity index (χ1) is 7.02. The molecule has 0 radical (unpaired) electrons. The van der Waals surface area contributed by atoms with Crippen molar-refractivity contribution in [3.8, 4) is 5.75 Å². The Morgan fingerprint density at radius 2 is 2.33 bits per heavy atom. The summed E-state index contributed by atoms with van der Waals surface area (Å²) >= 11 is 13.6. The molecule has 0 amide bonds. The van der Waals surface area contributed by atoms with Crippen LogP contribution >= 0.6 is 39.7 Å². The molecule has 0 saturated carbocycles. The van der Waals surface area contributed by atoms with E-state index < -0.39 is 0 Å². The normalized spacial score (nSPS) is 10.5. The molecule has 7 heteroatoms. The lowest BCUT2D eigenvalue weighted by Gasteiger charge is -2.03. The van der Waals surface area contributed by atoms with E-state index in [4.69, 9.17) is 17.3 Å². The lowest BCUT2D eigenvalue weighted by molar-refractivity contribution is 0.474. The van der Waals surface area contributed by atoms with Crippen molar-refractivity contribution in [2.75, 3.05) is 0 Å². The summed E-state index contributed by atoms with van der Waals surface area (Å²) in [7, 11) is 0. The van der Waals surface area contributed by atoms with Gasteiger partial charge in [0.2, 0.25) is 0 Å². The third-order valence-corrected chi connectivity index (χ3v) is 2.97. The molecular formula is C8H7BrClN3OS. The van der Waals surface area contributed by atoms with Crippen molar-refractivity contribution >= 4 is 51.1 Å². The number of nitrogens with zero attached hydrogens (tertiary/aromatic N) is 1. The van der Waals surface area contributed by atoms with Crippen molar-refractivity contribution in [2.24, 2.45) is 10.8 Å². The van der Waals surface area contributed by atoms with Gasteiger partial charge in [-0.15, -0.1) is 0 Å². The lowest BCUT2D eigenvalue weighted by atomic mass is 10.2. The highest BCUT2D eigenvalue weighted by Gasteiger charge is 2.07. The van der Waals surface area contributed by atoms with E-state index in [9.17, 15) is 5.11 Å². The summed E-state index contributed by atoms with van der Waals surface area (Å²) in [5.41, 5.74) is 7.99. The van der Waals surface area contributed by atoms with Crippen molar-refractivity contribution in [1.29, 1.82) is 0 Å². The topological polar surface area (TPSA) is 70.6 Å². The van der Waals surface area contributed by atoms with Crippen LogP contribution < -0.4 is 11.2 Å². The fourth-order valence-corrected chi connectivity index (χ4v) is 1.49. The lowest BCUT2D eigenvalue weighted by Crippen LogP contribution is -2.24. The van der Waals surface area contributed by atoms with Gasteiger partial charge < -0.3 is 10.8 Å². The maximum atomic E-state index is 9.51. The molecule has 0 spiro atoms. The fraction of sp³-hybridized carbons (Fsp3) is 0. The van der Waals surface area contributed by atoms with Gasteiger partial charge in [-0.25, -0.2) is 0 Å². The molecule has 80 valence electrons. The minimum Gasteiger partial charge on any atom is -0.507 e. The van der Waals surface area contributed by atoms with Gasteiger partial charge in [0.15, 0.2) is 5.11 Å². The van der Waals surface area contributed by atoms with E-state index in [2.05, 4.69) is 38.7 Å². The average Bonchev–Trinajstić information content (AvgIpc) is 2.17. The predicted molar refractivity (Wildman–Crippen MR) is 68.3 cm³/mol. The van der Waals surface area contributed by atoms with Crippen LogP contribution in [0.5, 0.6) is 5.75 Å². The Morgan fingerprint density at radius 1 is 1.67 bits per heavy atom. The van der Waals surface area contributed by atoms with Crippen molar-refractivity contribution < 1.29 is 5.11 Å². The molecule has 0 atom stereocenters. The monoisotopic (exact) mass is 307 g/mol. The molecule has 0 fully saturated rings. The number of rotatable bonds is 2. The van der Waals surface area contributed by atoms with Crippen molar-refractivity contribution in [1.82, 2.24) is 5.43 Å². The summed E-state index contributed by atoms with van der Waals surface area (Å²) in [6.07, 6.45) is 1.37. The minimum absolute atomic E-state index is 0.0453. The molecule has 0 bridgehead atoms. The number of nitrogens with two attached hydrogens (primary N) is 1. The number of benzene rings is 1. The summed E-state index contributed by atoms with van der Waals surface area (Å²) in [6, 6.07) is 3.04. The molecule has 0 aliphatic carbocycles. The Labute approximate surface area is 105 Å². The predicted octanol–water partition coefficient (Wildman–Crippen LogP) is 1.98. The number of phenols is 1. The molecular weight excluding hydrogens is 302 g/mol. The first-order valence-electron chi connectivity index (χ1n) is 3.78. The first kappa shape index (κ1) is 12.2. The van der Waals surface area contributed by atoms with Gasteiger partial charge in [-0.05, 0) is 40.3 Å². The number of hydrazone groups is 1. The van der Waals surface area contributed by atoms with Gasteiger partial charge in [0, 0.05) is 4.47 Å². The highest BCUT2D eigenvalue weighted by atomic mass is 79.9. The first-order valence-corrected chi connectivity index (χ1v) is 5.35. The molecule has 1 rings (SSSR count). The zero-order valence-corrected chi connectivity index (χ0v) is 10.5. The molecule has 0 unspecified atom stereocenters. The number of phenolic OH excluding ortho intramolecular Hbond substituents is 1. The highest BCUT2D eigenvalue weighted by molar-refractivity contribution is 9.10. The third kappa shape index (κ3) is 3.33. The largest absolute Gasteiger partial charge is 0.507 e. The number of thiocarbonyl (C=S) groups is 1. The van der Waals surface area contributed by atoms with Gasteiger partial charge in [-0.2, -0.15) is 5.10 Å². The highest BCUT2D eigenvalue weighted by Crippen LogP contribution is 2.31. The van der Waals surface area contributed by atoms with Crippen molar-refractivity contribution in [3.05, 3.63) is 27.2 Å². The van der Waals surface area contributed by atoms with Crippen LogP contribution in [0.1, 0.15) is 5.56 Å². The Balaban J connectivity index is 2.98. The van der Waals surface area contributed by atoms with Gasteiger partial charge >= 0.3 is 0 Å². The molecule has 1 aromatic carbocycles.